The summed E-state index contributed by atoms with van der Waals surface area (Å²) in [6.07, 6.45) is 0.945. The molecule has 1 rings (SSSR count). The molecular weight excluding hydrogens is 144 g/mol. The van der Waals surface area contributed by atoms with E-state index in [4.69, 9.17) is 4.52 Å². The van der Waals surface area contributed by atoms with Crippen molar-refractivity contribution < 1.29 is 9.63 Å². The highest BCUT2D eigenvalue weighted by atomic mass is 16.5. The number of nitrogens with zero attached hydrogens (tertiary/aromatic N) is 2. The van der Waals surface area contributed by atoms with Crippen molar-refractivity contribution in [2.75, 3.05) is 0 Å². The van der Waals surface area contributed by atoms with Crippen molar-refractivity contribution in [3.63, 3.8) is 0 Å². The smallest absolute Gasteiger partial charge is 0.229 e. The fourth-order valence-electron chi connectivity index (χ4n) is 0.701. The first-order valence-electron chi connectivity index (χ1n) is 3.68. The fourth-order valence-corrected chi connectivity index (χ4v) is 0.701. The summed E-state index contributed by atoms with van der Waals surface area (Å²) < 4.78 is 4.85. The molecule has 1 unspecified atom stereocenters. The molecule has 0 amide bonds. The lowest BCUT2D eigenvalue weighted by Gasteiger charge is -1.97. The Hall–Kier alpha value is -0.900. The van der Waals surface area contributed by atoms with E-state index in [0.717, 1.165) is 6.42 Å². The maximum atomic E-state index is 10.3. The molecule has 1 radical (unpaired) electrons. The van der Waals surface area contributed by atoms with E-state index in [-0.39, 0.29) is 11.7 Å². The maximum Gasteiger partial charge on any atom is 0.229 e. The van der Waals surface area contributed by atoms with Gasteiger partial charge in [0.15, 0.2) is 0 Å². The maximum absolute atomic E-state index is 10.3. The largest absolute Gasteiger partial charge is 0.339 e. The van der Waals surface area contributed by atoms with Gasteiger partial charge in [-0.25, -0.2) is 5.11 Å². The Labute approximate surface area is 65.2 Å². The Balaban J connectivity index is 2.71. The van der Waals surface area contributed by atoms with E-state index >= 15 is 0 Å². The van der Waals surface area contributed by atoms with Gasteiger partial charge in [-0.2, -0.15) is 4.98 Å². The van der Waals surface area contributed by atoms with Crippen molar-refractivity contribution in [2.24, 2.45) is 0 Å². The van der Waals surface area contributed by atoms with Gasteiger partial charge in [0.2, 0.25) is 11.7 Å². The zero-order valence-corrected chi connectivity index (χ0v) is 6.70. The Morgan fingerprint density at radius 2 is 2.36 bits per heavy atom. The van der Waals surface area contributed by atoms with Crippen molar-refractivity contribution in [3.8, 4) is 0 Å². The lowest BCUT2D eigenvalue weighted by molar-refractivity contribution is 0.166. The minimum Gasteiger partial charge on any atom is -0.339 e. The van der Waals surface area contributed by atoms with Crippen LogP contribution in [0.5, 0.6) is 0 Å². The lowest BCUT2D eigenvalue weighted by Crippen LogP contribution is -1.91. The van der Waals surface area contributed by atoms with Gasteiger partial charge in [-0.05, 0) is 6.42 Å². The molecule has 0 aliphatic heterocycles. The van der Waals surface area contributed by atoms with Gasteiger partial charge in [0.25, 0.3) is 0 Å². The molecule has 0 saturated carbocycles. The van der Waals surface area contributed by atoms with E-state index in [9.17, 15) is 5.11 Å². The Bertz CT molecular complexity index is 222. The summed E-state index contributed by atoms with van der Waals surface area (Å²) >= 11 is 0. The highest BCUT2D eigenvalue weighted by molar-refractivity contribution is 4.90. The number of rotatable bonds is 3. The molecule has 61 valence electrons. The molecule has 0 saturated heterocycles. The first kappa shape index (κ1) is 8.20. The second-order valence-electron chi connectivity index (χ2n) is 2.50. The zero-order valence-electron chi connectivity index (χ0n) is 6.70. The van der Waals surface area contributed by atoms with Crippen LogP contribution in [-0.4, -0.2) is 10.1 Å². The molecule has 1 aromatic rings. The van der Waals surface area contributed by atoms with Gasteiger partial charge >= 0.3 is 0 Å². The van der Waals surface area contributed by atoms with Crippen molar-refractivity contribution >= 4 is 0 Å². The quantitative estimate of drug-likeness (QED) is 0.664. The molecule has 0 aromatic carbocycles. The van der Waals surface area contributed by atoms with Crippen LogP contribution in [0.15, 0.2) is 4.52 Å². The van der Waals surface area contributed by atoms with Crippen LogP contribution in [0.4, 0.5) is 0 Å². The van der Waals surface area contributed by atoms with Crippen LogP contribution in [0.1, 0.15) is 37.9 Å². The molecule has 0 aliphatic carbocycles. The third kappa shape index (κ3) is 1.77. The summed E-state index contributed by atoms with van der Waals surface area (Å²) in [6, 6.07) is 0. The summed E-state index contributed by atoms with van der Waals surface area (Å²) in [5, 5.41) is 13.8. The third-order valence-corrected chi connectivity index (χ3v) is 1.65. The molecule has 4 nitrogen and oxygen atoms in total. The molecule has 4 heteroatoms. The van der Waals surface area contributed by atoms with Crippen LogP contribution in [0.2, 0.25) is 0 Å². The Morgan fingerprint density at radius 1 is 1.64 bits per heavy atom. The highest BCUT2D eigenvalue weighted by Crippen LogP contribution is 2.15. The second-order valence-corrected chi connectivity index (χ2v) is 2.50. The van der Waals surface area contributed by atoms with Gasteiger partial charge in [0.1, 0.15) is 6.61 Å². The highest BCUT2D eigenvalue weighted by Gasteiger charge is 2.11. The molecular formula is C7H11N2O2. The van der Waals surface area contributed by atoms with Gasteiger partial charge in [-0.1, -0.05) is 19.0 Å². The first-order valence-corrected chi connectivity index (χ1v) is 3.68. The summed E-state index contributed by atoms with van der Waals surface area (Å²) in [4.78, 5) is 3.91. The minimum absolute atomic E-state index is 0.250. The van der Waals surface area contributed by atoms with Crippen LogP contribution in [0.25, 0.3) is 0 Å². The number of hydrogen-bond acceptors (Lipinski definition) is 3. The van der Waals surface area contributed by atoms with E-state index in [1.165, 1.54) is 0 Å². The normalized spacial score (nSPS) is 13.4. The van der Waals surface area contributed by atoms with Crippen LogP contribution in [-0.2, 0) is 11.7 Å². The van der Waals surface area contributed by atoms with Gasteiger partial charge in [-0.15, -0.1) is 0 Å². The molecule has 0 bridgehead atoms. The Morgan fingerprint density at radius 3 is 2.82 bits per heavy atom. The van der Waals surface area contributed by atoms with Gasteiger partial charge < -0.3 is 4.52 Å². The van der Waals surface area contributed by atoms with Gasteiger partial charge in [0, 0.05) is 5.92 Å². The molecule has 0 aliphatic rings. The zero-order chi connectivity index (χ0) is 8.27. The van der Waals surface area contributed by atoms with Crippen molar-refractivity contribution in [1.29, 1.82) is 0 Å². The minimum atomic E-state index is -0.403. The number of hydrogen-bond donors (Lipinski definition) is 0. The molecule has 1 heterocycles. The van der Waals surface area contributed by atoms with Gasteiger partial charge in [0.05, 0.1) is 0 Å². The average Bonchev–Trinajstić information content (AvgIpc) is 2.50. The van der Waals surface area contributed by atoms with Crippen LogP contribution >= 0.6 is 0 Å². The SMILES string of the molecule is CCC(C)c1nc(C[O])no1. The molecule has 1 atom stereocenters. The molecule has 0 N–H and O–H groups in total. The topological polar surface area (TPSA) is 58.8 Å². The predicted molar refractivity (Wildman–Crippen MR) is 37.4 cm³/mol. The molecule has 0 spiro atoms. The number of aromatic nitrogens is 2. The van der Waals surface area contributed by atoms with Crippen molar-refractivity contribution in [3.05, 3.63) is 11.7 Å². The Kier molecular flexibility index (Phi) is 2.59. The van der Waals surface area contributed by atoms with E-state index in [2.05, 4.69) is 10.1 Å². The summed E-state index contributed by atoms with van der Waals surface area (Å²) in [6.45, 7) is 3.62. The summed E-state index contributed by atoms with van der Waals surface area (Å²) in [5.74, 6) is 1.07. The first-order chi connectivity index (χ1) is 5.27. The van der Waals surface area contributed by atoms with Crippen molar-refractivity contribution in [1.82, 2.24) is 10.1 Å². The predicted octanol–water partition coefficient (Wildman–Crippen LogP) is 1.51. The fraction of sp³-hybridized carbons (Fsp3) is 0.714. The second kappa shape index (κ2) is 3.48. The molecule has 11 heavy (non-hydrogen) atoms. The molecule has 1 aromatic heterocycles. The van der Waals surface area contributed by atoms with Crippen LogP contribution in [0.3, 0.4) is 0 Å². The van der Waals surface area contributed by atoms with E-state index in [1.807, 2.05) is 13.8 Å². The van der Waals surface area contributed by atoms with Gasteiger partial charge in [-0.3, -0.25) is 0 Å². The van der Waals surface area contributed by atoms with E-state index in [0.29, 0.717) is 5.89 Å². The van der Waals surface area contributed by atoms with E-state index < -0.39 is 6.61 Å². The molecule has 0 fully saturated rings. The lowest BCUT2D eigenvalue weighted by atomic mass is 10.1. The average molecular weight is 155 g/mol. The summed E-state index contributed by atoms with van der Waals surface area (Å²) in [7, 11) is 0. The third-order valence-electron chi connectivity index (χ3n) is 1.65. The monoisotopic (exact) mass is 155 g/mol. The summed E-state index contributed by atoms with van der Waals surface area (Å²) in [5.41, 5.74) is 0. The van der Waals surface area contributed by atoms with Crippen LogP contribution < -0.4 is 0 Å². The van der Waals surface area contributed by atoms with Crippen LogP contribution in [0, 0.1) is 0 Å². The van der Waals surface area contributed by atoms with Crippen molar-refractivity contribution in [2.45, 2.75) is 32.8 Å². The standard InChI is InChI=1S/C7H11N2O2/c1-3-5(2)7-8-6(4-10)9-11-7/h5H,3-4H2,1-2H3. The van der Waals surface area contributed by atoms with E-state index in [1.54, 1.807) is 0 Å².